The van der Waals surface area contributed by atoms with Crippen LogP contribution in [0, 0.1) is 12.7 Å². The molecule has 2 heterocycles. The molecule has 0 bridgehead atoms. The summed E-state index contributed by atoms with van der Waals surface area (Å²) in [5, 5.41) is 3.27. The third-order valence-electron chi connectivity index (χ3n) is 3.60. The van der Waals surface area contributed by atoms with Gasteiger partial charge in [-0.15, -0.1) is 12.4 Å². The molecule has 104 valence electrons. The molecule has 0 radical (unpaired) electrons. The Morgan fingerprint density at radius 2 is 2.00 bits per heavy atom. The number of benzene rings is 1. The van der Waals surface area contributed by atoms with Crippen LogP contribution < -0.4 is 11.0 Å². The molecule has 4 nitrogen and oxygen atoms in total. The van der Waals surface area contributed by atoms with E-state index in [2.05, 4.69) is 10.3 Å². The molecule has 1 saturated heterocycles. The van der Waals surface area contributed by atoms with Gasteiger partial charge in [-0.05, 0) is 50.6 Å². The number of aromatic nitrogens is 2. The highest BCUT2D eigenvalue weighted by Gasteiger charge is 2.20. The number of halogens is 2. The highest BCUT2D eigenvalue weighted by atomic mass is 35.5. The number of aryl methyl sites for hydroxylation is 1. The summed E-state index contributed by atoms with van der Waals surface area (Å²) in [4.78, 5) is 14.7. The second-order valence-electron chi connectivity index (χ2n) is 4.92. The first kappa shape index (κ1) is 14.1. The van der Waals surface area contributed by atoms with Gasteiger partial charge < -0.3 is 10.3 Å². The summed E-state index contributed by atoms with van der Waals surface area (Å²) in [5.74, 6) is -0.352. The maximum Gasteiger partial charge on any atom is 0.326 e. The van der Waals surface area contributed by atoms with Crippen LogP contribution in [-0.2, 0) is 0 Å². The van der Waals surface area contributed by atoms with Gasteiger partial charge in [-0.25, -0.2) is 9.18 Å². The molecule has 1 aromatic carbocycles. The molecular formula is C13H17ClFN3O. The second kappa shape index (κ2) is 5.35. The van der Waals surface area contributed by atoms with Gasteiger partial charge in [0.1, 0.15) is 11.3 Å². The van der Waals surface area contributed by atoms with Crippen molar-refractivity contribution in [2.75, 3.05) is 13.1 Å². The Bertz CT molecular complexity index is 643. The van der Waals surface area contributed by atoms with Gasteiger partial charge in [-0.1, -0.05) is 0 Å². The molecule has 2 N–H and O–H groups in total. The smallest absolute Gasteiger partial charge is 0.317 e. The lowest BCUT2D eigenvalue weighted by atomic mass is 10.1. The van der Waals surface area contributed by atoms with Crippen molar-refractivity contribution < 1.29 is 4.39 Å². The number of hydrogen-bond donors (Lipinski definition) is 2. The monoisotopic (exact) mass is 285 g/mol. The van der Waals surface area contributed by atoms with Crippen LogP contribution in [-0.4, -0.2) is 22.6 Å². The van der Waals surface area contributed by atoms with Crippen LogP contribution in [0.15, 0.2) is 16.9 Å². The summed E-state index contributed by atoms with van der Waals surface area (Å²) in [5.41, 5.74) is 1.64. The van der Waals surface area contributed by atoms with E-state index in [1.165, 1.54) is 6.07 Å². The molecule has 0 atom stereocenters. The van der Waals surface area contributed by atoms with Gasteiger partial charge in [-0.3, -0.25) is 4.57 Å². The lowest BCUT2D eigenvalue weighted by Crippen LogP contribution is -2.33. The third-order valence-corrected chi connectivity index (χ3v) is 3.60. The number of nitrogens with zero attached hydrogens (tertiary/aromatic N) is 1. The van der Waals surface area contributed by atoms with Crippen molar-refractivity contribution in [3.05, 3.63) is 34.0 Å². The van der Waals surface area contributed by atoms with Crippen molar-refractivity contribution in [2.45, 2.75) is 25.8 Å². The van der Waals surface area contributed by atoms with E-state index in [1.54, 1.807) is 4.57 Å². The van der Waals surface area contributed by atoms with Gasteiger partial charge in [0.2, 0.25) is 0 Å². The zero-order valence-electron chi connectivity index (χ0n) is 10.7. The van der Waals surface area contributed by atoms with E-state index in [4.69, 9.17) is 0 Å². The van der Waals surface area contributed by atoms with Crippen molar-refractivity contribution in [3.8, 4) is 0 Å². The van der Waals surface area contributed by atoms with E-state index in [0.717, 1.165) is 31.5 Å². The minimum atomic E-state index is -0.352. The van der Waals surface area contributed by atoms with E-state index >= 15 is 0 Å². The van der Waals surface area contributed by atoms with Crippen LogP contribution in [0.2, 0.25) is 0 Å². The standard InChI is InChI=1S/C13H16FN3O.ClH/c1-8-6-10(14)12-11(7-8)17(13(18)16-12)9-2-4-15-5-3-9;/h6-7,9,15H,2-5H2,1H3,(H,16,18);1H. The summed E-state index contributed by atoms with van der Waals surface area (Å²) < 4.78 is 15.5. The topological polar surface area (TPSA) is 49.8 Å². The molecule has 1 fully saturated rings. The number of piperidine rings is 1. The van der Waals surface area contributed by atoms with Crippen LogP contribution in [0.4, 0.5) is 4.39 Å². The lowest BCUT2D eigenvalue weighted by Gasteiger charge is -2.23. The number of fused-ring (bicyclic) bond motifs is 1. The van der Waals surface area contributed by atoms with Crippen LogP contribution in [0.3, 0.4) is 0 Å². The Morgan fingerprint density at radius 1 is 1.32 bits per heavy atom. The van der Waals surface area contributed by atoms with Crippen LogP contribution in [0.5, 0.6) is 0 Å². The molecule has 0 amide bonds. The summed E-state index contributed by atoms with van der Waals surface area (Å²) in [7, 11) is 0. The first-order valence-electron chi connectivity index (χ1n) is 6.28. The molecule has 0 unspecified atom stereocenters. The summed E-state index contributed by atoms with van der Waals surface area (Å²) >= 11 is 0. The maximum absolute atomic E-state index is 13.8. The Hall–Kier alpha value is -1.33. The molecule has 0 aliphatic carbocycles. The Labute approximate surface area is 116 Å². The van der Waals surface area contributed by atoms with E-state index in [1.807, 2.05) is 13.0 Å². The quantitative estimate of drug-likeness (QED) is 0.843. The number of rotatable bonds is 1. The minimum absolute atomic E-state index is 0. The largest absolute Gasteiger partial charge is 0.326 e. The van der Waals surface area contributed by atoms with Crippen molar-refractivity contribution in [3.63, 3.8) is 0 Å². The highest BCUT2D eigenvalue weighted by molar-refractivity contribution is 5.85. The summed E-state index contributed by atoms with van der Waals surface area (Å²) in [6.45, 7) is 3.64. The first-order valence-corrected chi connectivity index (χ1v) is 6.28. The summed E-state index contributed by atoms with van der Waals surface area (Å²) in [6.07, 6.45) is 1.81. The van der Waals surface area contributed by atoms with Crippen molar-refractivity contribution >= 4 is 23.4 Å². The molecule has 1 aliphatic heterocycles. The molecular weight excluding hydrogens is 269 g/mol. The van der Waals surface area contributed by atoms with E-state index in [-0.39, 0.29) is 30.0 Å². The average Bonchev–Trinajstić information content (AvgIpc) is 2.67. The van der Waals surface area contributed by atoms with Crippen molar-refractivity contribution in [1.82, 2.24) is 14.9 Å². The summed E-state index contributed by atoms with van der Waals surface area (Å²) in [6, 6.07) is 3.48. The minimum Gasteiger partial charge on any atom is -0.317 e. The fraction of sp³-hybridized carbons (Fsp3) is 0.462. The number of imidazole rings is 1. The zero-order valence-corrected chi connectivity index (χ0v) is 11.5. The van der Waals surface area contributed by atoms with Gasteiger partial charge in [0, 0.05) is 6.04 Å². The Morgan fingerprint density at radius 3 is 2.68 bits per heavy atom. The third kappa shape index (κ3) is 2.40. The molecule has 0 spiro atoms. The fourth-order valence-corrected chi connectivity index (χ4v) is 2.74. The Balaban J connectivity index is 0.00000133. The molecule has 6 heteroatoms. The number of H-pyrrole nitrogens is 1. The lowest BCUT2D eigenvalue weighted by molar-refractivity contribution is 0.368. The van der Waals surface area contributed by atoms with Crippen molar-refractivity contribution in [1.29, 1.82) is 0 Å². The molecule has 1 aliphatic rings. The van der Waals surface area contributed by atoms with Crippen LogP contribution in [0.25, 0.3) is 11.0 Å². The van der Waals surface area contributed by atoms with Crippen LogP contribution in [0.1, 0.15) is 24.4 Å². The van der Waals surface area contributed by atoms with E-state index < -0.39 is 0 Å². The number of nitrogens with one attached hydrogen (secondary N) is 2. The van der Waals surface area contributed by atoms with Gasteiger partial charge in [-0.2, -0.15) is 0 Å². The average molecular weight is 286 g/mol. The molecule has 2 aromatic rings. The van der Waals surface area contributed by atoms with Gasteiger partial charge in [0.15, 0.2) is 0 Å². The van der Waals surface area contributed by atoms with Gasteiger partial charge in [0.25, 0.3) is 0 Å². The van der Waals surface area contributed by atoms with Gasteiger partial charge in [0.05, 0.1) is 5.52 Å². The predicted molar refractivity (Wildman–Crippen MR) is 75.6 cm³/mol. The zero-order chi connectivity index (χ0) is 12.7. The second-order valence-corrected chi connectivity index (χ2v) is 4.92. The normalized spacial score (nSPS) is 16.5. The van der Waals surface area contributed by atoms with Crippen molar-refractivity contribution in [2.24, 2.45) is 0 Å². The fourth-order valence-electron chi connectivity index (χ4n) is 2.74. The number of aromatic amines is 1. The Kier molecular flexibility index (Phi) is 3.96. The number of hydrogen-bond acceptors (Lipinski definition) is 2. The molecule has 0 saturated carbocycles. The van der Waals surface area contributed by atoms with E-state index in [0.29, 0.717) is 11.0 Å². The highest BCUT2D eigenvalue weighted by Crippen LogP contribution is 2.24. The SMILES string of the molecule is Cc1cc(F)c2[nH]c(=O)n(C3CCNCC3)c2c1.Cl. The van der Waals surface area contributed by atoms with Gasteiger partial charge >= 0.3 is 5.69 Å². The molecule has 3 rings (SSSR count). The van der Waals surface area contributed by atoms with E-state index in [9.17, 15) is 9.18 Å². The maximum atomic E-state index is 13.8. The predicted octanol–water partition coefficient (Wildman–Crippen LogP) is 2.12. The molecule has 1 aromatic heterocycles. The first-order chi connectivity index (χ1) is 8.66. The molecule has 19 heavy (non-hydrogen) atoms. The van der Waals surface area contributed by atoms with Crippen LogP contribution >= 0.6 is 12.4 Å².